The van der Waals surface area contributed by atoms with E-state index in [1.54, 1.807) is 0 Å². The summed E-state index contributed by atoms with van der Waals surface area (Å²) in [4.78, 5) is 44.9. The average molecular weight is 1600 g/mol. The molecule has 3 heterocycles. The van der Waals surface area contributed by atoms with Crippen LogP contribution < -0.4 is 11.1 Å². The fourth-order valence-electron chi connectivity index (χ4n) is 14.9. The van der Waals surface area contributed by atoms with Crippen molar-refractivity contribution in [3.05, 3.63) is 192 Å². The Balaban J connectivity index is 1.08. The highest BCUT2D eigenvalue weighted by atomic mass is 31.2. The maximum absolute atomic E-state index is 15.2. The summed E-state index contributed by atoms with van der Waals surface area (Å²) in [6.07, 6.45) is 19.9. The van der Waals surface area contributed by atoms with E-state index in [4.69, 9.17) is 66.7 Å². The molecule has 3 aliphatic rings. The van der Waals surface area contributed by atoms with Gasteiger partial charge in [-0.05, 0) is 52.6 Å². The third-order valence-electron chi connectivity index (χ3n) is 21.6. The SMILES string of the molecule is C=CCO[C@H]1O[C@H](CO[13C@@H]2O[C@H](COCc3ccccc3)[C@@H](OP3(=O)OCc4ccccc4CO3)[C@H](OC(=O)C[C@@H](CCCCCCCCCCC)OCc3ccccc3)[C@H]2N)[C@@H](O)[C@H](OC(=O)C[C@@H](CCCCCCCCCCC)OCc2ccccc2)[C@H]1NC(=O)C[C@@H](CCCCCCCCCCC)OCc1ccccc1. The molecule has 0 saturated carbocycles. The van der Waals surface area contributed by atoms with Gasteiger partial charge in [-0.2, -0.15) is 0 Å². The number of nitrogens with two attached hydrogens (primary N) is 1. The van der Waals surface area contributed by atoms with Crippen molar-refractivity contribution < 1.29 is 85.0 Å². The van der Waals surface area contributed by atoms with Crippen molar-refractivity contribution in [3.8, 4) is 0 Å². The molecule has 0 unspecified atom stereocenters. The molecule has 2 fully saturated rings. The minimum Gasteiger partial charge on any atom is -0.458 e. The lowest BCUT2D eigenvalue weighted by atomic mass is 9.95. The van der Waals surface area contributed by atoms with E-state index in [9.17, 15) is 14.7 Å². The van der Waals surface area contributed by atoms with Crippen LogP contribution in [0, 0.1) is 0 Å². The van der Waals surface area contributed by atoms with Gasteiger partial charge in [-0.1, -0.05) is 346 Å². The Morgan fingerprint density at radius 1 is 0.474 bits per heavy atom. The molecule has 0 spiro atoms. The molecule has 8 rings (SSSR count). The summed E-state index contributed by atoms with van der Waals surface area (Å²) in [5.74, 6) is -1.80. The number of hydrogen-bond acceptors (Lipinski definition) is 19. The third-order valence-corrected chi connectivity index (χ3v) is 23.0. The predicted molar refractivity (Wildman–Crippen MR) is 444 cm³/mol. The Bertz CT molecular complexity index is 3390. The normalized spacial score (nSPS) is 21.6. The highest BCUT2D eigenvalue weighted by molar-refractivity contribution is 7.48. The highest BCUT2D eigenvalue weighted by Crippen LogP contribution is 2.55. The van der Waals surface area contributed by atoms with Crippen LogP contribution in [0.1, 0.15) is 266 Å². The number of phosphoric ester groups is 1. The van der Waals surface area contributed by atoms with E-state index >= 15 is 9.36 Å². The van der Waals surface area contributed by atoms with E-state index in [-0.39, 0.29) is 72.1 Å². The van der Waals surface area contributed by atoms with Crippen molar-refractivity contribution in [1.82, 2.24) is 5.32 Å². The van der Waals surface area contributed by atoms with Gasteiger partial charge < -0.3 is 63.5 Å². The number of phosphoric acid groups is 1. The fraction of sp³-hybridized carbons (Fsp3) is 0.624. The number of carbonyl (C=O) groups is 3. The maximum Gasteiger partial charge on any atom is 0.475 e. The number of rotatable bonds is 60. The number of carbonyl (C=O) groups excluding carboxylic acids is 3. The van der Waals surface area contributed by atoms with Crippen LogP contribution in [0.4, 0.5) is 0 Å². The minimum atomic E-state index is -4.55. The number of benzene rings is 5. The molecule has 5 aromatic rings. The zero-order valence-electron chi connectivity index (χ0n) is 68.8. The first kappa shape index (κ1) is 93.5. The van der Waals surface area contributed by atoms with Gasteiger partial charge in [0.2, 0.25) is 5.91 Å². The number of aliphatic hydroxyl groups excluding tert-OH is 1. The summed E-state index contributed by atoms with van der Waals surface area (Å²) < 4.78 is 99.8. The Hall–Kier alpha value is -6.04. The van der Waals surface area contributed by atoms with Gasteiger partial charge in [0.05, 0.1) is 103 Å². The lowest BCUT2D eigenvalue weighted by Gasteiger charge is -2.46. The summed E-state index contributed by atoms with van der Waals surface area (Å²) >= 11 is 0. The first-order valence-electron chi connectivity index (χ1n) is 43.3. The van der Waals surface area contributed by atoms with Gasteiger partial charge >= 0.3 is 19.8 Å². The fourth-order valence-corrected chi connectivity index (χ4v) is 16.3. The number of unbranched alkanes of at least 4 members (excludes halogenated alkanes) is 24. The number of aliphatic hydroxyl groups is 1. The van der Waals surface area contributed by atoms with Gasteiger partial charge in [-0.15, -0.1) is 6.58 Å². The summed E-state index contributed by atoms with van der Waals surface area (Å²) in [7, 11) is -4.55. The highest BCUT2D eigenvalue weighted by Gasteiger charge is 2.54. The van der Waals surface area contributed by atoms with Crippen LogP contribution in [-0.4, -0.2) is 122 Å². The molecule has 0 radical (unpaired) electrons. The van der Waals surface area contributed by atoms with Crippen molar-refractivity contribution in [2.45, 2.75) is 352 Å². The largest absolute Gasteiger partial charge is 0.475 e. The number of nitrogens with one attached hydrogen (secondary N) is 1. The summed E-state index contributed by atoms with van der Waals surface area (Å²) in [6.45, 7) is 10.5. The first-order chi connectivity index (χ1) is 55.8. The van der Waals surface area contributed by atoms with Crippen LogP contribution in [-0.2, 0) is 120 Å². The Morgan fingerprint density at radius 3 is 1.27 bits per heavy atom. The quantitative estimate of drug-likeness (QED) is 0.0108. The molecule has 4 N–H and O–H groups in total. The van der Waals surface area contributed by atoms with E-state index < -0.39 is 112 Å². The molecule has 0 aliphatic carbocycles. The van der Waals surface area contributed by atoms with Gasteiger partial charge in [0.15, 0.2) is 24.8 Å². The zero-order chi connectivity index (χ0) is 80.5. The van der Waals surface area contributed by atoms with Crippen LogP contribution in [0.5, 0.6) is 0 Å². The van der Waals surface area contributed by atoms with Crippen molar-refractivity contribution in [2.24, 2.45) is 5.73 Å². The lowest BCUT2D eigenvalue weighted by Crippen LogP contribution is -2.67. The molecule has 632 valence electrons. The van der Waals surface area contributed by atoms with Crippen LogP contribution >= 0.6 is 7.82 Å². The zero-order valence-corrected chi connectivity index (χ0v) is 69.7. The van der Waals surface area contributed by atoms with Gasteiger partial charge in [0, 0.05) is 0 Å². The van der Waals surface area contributed by atoms with E-state index in [2.05, 4.69) is 32.7 Å². The van der Waals surface area contributed by atoms with E-state index in [0.29, 0.717) is 19.3 Å². The van der Waals surface area contributed by atoms with Crippen LogP contribution in [0.2, 0.25) is 0 Å². The monoisotopic (exact) mass is 1600 g/mol. The molecule has 3 aliphatic heterocycles. The number of ether oxygens (including phenoxy) is 10. The first-order valence-corrected chi connectivity index (χ1v) is 44.8. The van der Waals surface area contributed by atoms with Crippen molar-refractivity contribution >= 4 is 25.7 Å². The van der Waals surface area contributed by atoms with Crippen molar-refractivity contribution in [3.63, 3.8) is 0 Å². The van der Waals surface area contributed by atoms with Gasteiger partial charge in [-0.25, -0.2) is 4.57 Å². The standard InChI is InChI=1S/C93H137N2O18P/c1-5-9-12-15-18-21-24-27-42-57-78(103-65-73-49-36-31-37-50-73)61-83(96)95-87-91(112-85(98)63-80(105-67-75-53-40-33-41-54-75)59-44-29-26-23-20-17-14-11-7-3)88(99)81(109-93(87)102-60-8-4)71-106-92-86(94)90(111-84(97)62-79(104-66-74-51-38-32-39-52-74)58-43-28-25-22-19-16-13-10-6-2)89(82(110-92)70-101-64-72-47-34-30-35-48-72)113-114(100)107-68-76-55-45-46-56-77(76)69-108-114/h8,30-41,45-56,78-82,86-93,99H,4-7,9-29,42-44,57-71,94H2,1-3H3,(H,95,96)/t78-,79-,80-,81-,82-,86-,87-,88-,89-,90-,91-,92-,93+/m1/s1/i92+1. The Labute approximate surface area is 681 Å². The Kier molecular flexibility index (Phi) is 45.6. The van der Waals surface area contributed by atoms with Crippen LogP contribution in [0.25, 0.3) is 0 Å². The van der Waals surface area contributed by atoms with E-state index in [1.807, 2.05) is 146 Å². The molecule has 13 atom stereocenters. The summed E-state index contributed by atoms with van der Waals surface area (Å²) in [5, 5.41) is 16.1. The molecule has 0 bridgehead atoms. The molecule has 20 nitrogen and oxygen atoms in total. The van der Waals surface area contributed by atoms with Crippen LogP contribution in [0.3, 0.4) is 0 Å². The molecular formula is C93H137N2O18P. The summed E-state index contributed by atoms with van der Waals surface area (Å²) in [6, 6.07) is 43.6. The number of esters is 2. The second kappa shape index (κ2) is 55.6. The summed E-state index contributed by atoms with van der Waals surface area (Å²) in [5.41, 5.74) is 12.6. The molecule has 5 aromatic carbocycles. The number of hydrogen-bond donors (Lipinski definition) is 3. The van der Waals surface area contributed by atoms with Crippen LogP contribution in [0.15, 0.2) is 158 Å². The second-order valence-corrected chi connectivity index (χ2v) is 32.8. The molecule has 0 aromatic heterocycles. The smallest absolute Gasteiger partial charge is 0.458 e. The number of fused-ring (bicyclic) bond motifs is 1. The molecule has 114 heavy (non-hydrogen) atoms. The average Bonchev–Trinajstić information content (AvgIpc) is 1.35. The van der Waals surface area contributed by atoms with E-state index in [0.717, 1.165) is 110 Å². The Morgan fingerprint density at radius 2 is 0.851 bits per heavy atom. The third kappa shape index (κ3) is 35.6. The van der Waals surface area contributed by atoms with Gasteiger partial charge in [-0.3, -0.25) is 28.0 Å². The van der Waals surface area contributed by atoms with Crippen molar-refractivity contribution in [2.75, 3.05) is 19.8 Å². The van der Waals surface area contributed by atoms with E-state index in [1.165, 1.54) is 102 Å². The molecule has 21 heteroatoms. The molecular weight excluding hydrogens is 1460 g/mol. The van der Waals surface area contributed by atoms with Gasteiger partial charge in [0.25, 0.3) is 0 Å². The lowest BCUT2D eigenvalue weighted by molar-refractivity contribution is -0.302. The predicted octanol–water partition coefficient (Wildman–Crippen LogP) is 19.8. The maximum atomic E-state index is 15.2. The van der Waals surface area contributed by atoms with Gasteiger partial charge in [0.1, 0.15) is 30.5 Å². The second-order valence-electron chi connectivity index (χ2n) is 31.2. The topological polar surface area (TPSA) is 247 Å². The number of amides is 1. The van der Waals surface area contributed by atoms with Crippen molar-refractivity contribution in [1.29, 1.82) is 0 Å². The minimum absolute atomic E-state index is 0.0579. The molecule has 2 saturated heterocycles. The molecule has 1 amide bonds.